The van der Waals surface area contributed by atoms with Crippen molar-refractivity contribution < 1.29 is 23.6 Å². The van der Waals surface area contributed by atoms with Gasteiger partial charge >= 0.3 is 5.91 Å². The maximum atomic E-state index is 13.3. The summed E-state index contributed by atoms with van der Waals surface area (Å²) < 4.78 is 19.1. The smallest absolute Gasteiger partial charge is 0.301 e. The van der Waals surface area contributed by atoms with Gasteiger partial charge in [-0.15, -0.1) is 0 Å². The summed E-state index contributed by atoms with van der Waals surface area (Å²) in [5, 5.41) is 14.7. The Morgan fingerprint density at radius 3 is 2.52 bits per heavy atom. The average molecular weight is 457 g/mol. The minimum Gasteiger partial charge on any atom is -0.507 e. The third-order valence-corrected chi connectivity index (χ3v) is 5.08. The molecule has 1 amide bonds. The van der Waals surface area contributed by atoms with Crippen molar-refractivity contribution in [1.82, 2.24) is 5.16 Å². The zero-order valence-electron chi connectivity index (χ0n) is 15.1. The number of rotatable bonds is 3. The van der Waals surface area contributed by atoms with E-state index in [9.17, 15) is 19.1 Å². The van der Waals surface area contributed by atoms with Crippen molar-refractivity contribution in [2.75, 3.05) is 4.90 Å². The number of anilines is 1. The molecule has 6 nitrogen and oxygen atoms in total. The van der Waals surface area contributed by atoms with Crippen LogP contribution in [0.15, 0.2) is 69.2 Å². The van der Waals surface area contributed by atoms with Crippen LogP contribution in [0.2, 0.25) is 0 Å². The Bertz CT molecular complexity index is 1150. The van der Waals surface area contributed by atoms with Gasteiger partial charge in [-0.2, -0.15) is 0 Å². The lowest BCUT2D eigenvalue weighted by Crippen LogP contribution is -2.29. The van der Waals surface area contributed by atoms with Gasteiger partial charge in [0, 0.05) is 16.1 Å². The Balaban J connectivity index is 1.95. The number of carbonyl (C=O) groups is 2. The van der Waals surface area contributed by atoms with Crippen LogP contribution in [0.4, 0.5) is 10.2 Å². The van der Waals surface area contributed by atoms with Crippen molar-refractivity contribution in [3.05, 3.63) is 87.3 Å². The van der Waals surface area contributed by atoms with Crippen LogP contribution in [0.1, 0.15) is 22.9 Å². The highest BCUT2D eigenvalue weighted by molar-refractivity contribution is 9.10. The van der Waals surface area contributed by atoms with Gasteiger partial charge in [0.05, 0.1) is 11.6 Å². The predicted molar refractivity (Wildman–Crippen MR) is 107 cm³/mol. The summed E-state index contributed by atoms with van der Waals surface area (Å²) in [5.74, 6) is -1.95. The van der Waals surface area contributed by atoms with Crippen LogP contribution in [0.5, 0.6) is 0 Å². The first-order valence-electron chi connectivity index (χ1n) is 8.62. The number of halogens is 2. The number of amides is 1. The second-order valence-electron chi connectivity index (χ2n) is 6.53. The maximum absolute atomic E-state index is 13.3. The number of hydrogen-bond donors (Lipinski definition) is 1. The minimum atomic E-state index is -0.929. The fraction of sp³-hybridized carbons (Fsp3) is 0.0952. The highest BCUT2D eigenvalue weighted by atomic mass is 79.9. The number of ketones is 1. The van der Waals surface area contributed by atoms with Gasteiger partial charge < -0.3 is 9.63 Å². The summed E-state index contributed by atoms with van der Waals surface area (Å²) in [6.45, 7) is 1.67. The Morgan fingerprint density at radius 1 is 1.17 bits per heavy atom. The van der Waals surface area contributed by atoms with Crippen LogP contribution in [0, 0.1) is 12.7 Å². The monoisotopic (exact) mass is 456 g/mol. The van der Waals surface area contributed by atoms with Crippen molar-refractivity contribution in [3.63, 3.8) is 0 Å². The molecule has 1 aliphatic heterocycles. The highest BCUT2D eigenvalue weighted by Gasteiger charge is 2.48. The van der Waals surface area contributed by atoms with Crippen LogP contribution in [-0.2, 0) is 9.59 Å². The first kappa shape index (κ1) is 19.1. The van der Waals surface area contributed by atoms with Crippen LogP contribution < -0.4 is 4.90 Å². The molecular weight excluding hydrogens is 443 g/mol. The summed E-state index contributed by atoms with van der Waals surface area (Å²) in [6.07, 6.45) is 0. The molecule has 1 N–H and O–H groups in total. The Labute approximate surface area is 173 Å². The van der Waals surface area contributed by atoms with E-state index in [0.717, 1.165) is 4.47 Å². The van der Waals surface area contributed by atoms with Crippen LogP contribution in [-0.4, -0.2) is 22.0 Å². The third kappa shape index (κ3) is 3.36. The van der Waals surface area contributed by atoms with Gasteiger partial charge in [0.25, 0.3) is 5.78 Å². The number of aromatic nitrogens is 1. The van der Waals surface area contributed by atoms with Crippen molar-refractivity contribution in [3.8, 4) is 0 Å². The van der Waals surface area contributed by atoms with Gasteiger partial charge in [0.1, 0.15) is 17.3 Å². The van der Waals surface area contributed by atoms with Gasteiger partial charge in [0.15, 0.2) is 5.82 Å². The Hall–Kier alpha value is -3.26. The Morgan fingerprint density at radius 2 is 1.90 bits per heavy atom. The lowest BCUT2D eigenvalue weighted by Gasteiger charge is -2.23. The molecule has 0 aliphatic carbocycles. The zero-order chi connectivity index (χ0) is 20.7. The van der Waals surface area contributed by atoms with Crippen molar-refractivity contribution in [1.29, 1.82) is 0 Å². The highest BCUT2D eigenvalue weighted by Crippen LogP contribution is 2.42. The van der Waals surface area contributed by atoms with Gasteiger partial charge in [-0.25, -0.2) is 4.39 Å². The molecule has 3 aromatic rings. The van der Waals surface area contributed by atoms with E-state index >= 15 is 0 Å². The van der Waals surface area contributed by atoms with E-state index in [1.54, 1.807) is 31.2 Å². The molecule has 29 heavy (non-hydrogen) atoms. The van der Waals surface area contributed by atoms with E-state index in [4.69, 9.17) is 4.52 Å². The van der Waals surface area contributed by atoms with Crippen molar-refractivity contribution in [2.45, 2.75) is 13.0 Å². The zero-order valence-corrected chi connectivity index (χ0v) is 16.7. The lowest BCUT2D eigenvalue weighted by atomic mass is 9.95. The second kappa shape index (κ2) is 7.29. The normalized spacial score (nSPS) is 18.4. The maximum Gasteiger partial charge on any atom is 0.301 e. The topological polar surface area (TPSA) is 83.6 Å². The molecule has 146 valence electrons. The molecule has 1 saturated heterocycles. The molecule has 0 saturated carbocycles. The third-order valence-electron chi connectivity index (χ3n) is 4.59. The molecule has 2 aromatic carbocycles. The summed E-state index contributed by atoms with van der Waals surface area (Å²) in [4.78, 5) is 26.9. The molecule has 4 rings (SSSR count). The number of hydrogen-bond acceptors (Lipinski definition) is 5. The molecule has 2 heterocycles. The Kier molecular flexibility index (Phi) is 4.79. The average Bonchev–Trinajstić information content (AvgIpc) is 3.23. The first-order chi connectivity index (χ1) is 13.9. The van der Waals surface area contributed by atoms with Crippen LogP contribution in [0.3, 0.4) is 0 Å². The van der Waals surface area contributed by atoms with E-state index in [1.807, 2.05) is 0 Å². The molecule has 1 aliphatic rings. The van der Waals surface area contributed by atoms with Crippen LogP contribution >= 0.6 is 15.9 Å². The van der Waals surface area contributed by atoms with Crippen molar-refractivity contribution in [2.24, 2.45) is 0 Å². The summed E-state index contributed by atoms with van der Waals surface area (Å²) in [5.41, 5.74) is 0.698. The molecule has 0 radical (unpaired) electrons. The van der Waals surface area contributed by atoms with Gasteiger partial charge in [-0.3, -0.25) is 14.5 Å². The number of Topliss-reactive ketones (excluding diaryl/α,β-unsaturated/α-hetero) is 1. The standard InChI is InChI=1S/C21H14BrFN2O4/c1-11-9-16(24-29-11)25-18(13-3-2-4-14(22)10-13)17(20(27)21(25)28)19(26)12-5-7-15(23)8-6-12/h2-10,18,26H,1H3/b19-17+/t18-/m0/s1. The second-order valence-corrected chi connectivity index (χ2v) is 7.44. The molecule has 8 heteroatoms. The van der Waals surface area contributed by atoms with Gasteiger partial charge in [0.2, 0.25) is 0 Å². The fourth-order valence-corrected chi connectivity index (χ4v) is 3.71. The summed E-state index contributed by atoms with van der Waals surface area (Å²) >= 11 is 3.39. The van der Waals surface area contributed by atoms with E-state index in [2.05, 4.69) is 21.1 Å². The molecular formula is C21H14BrFN2O4. The minimum absolute atomic E-state index is 0.111. The molecule has 1 aromatic heterocycles. The molecule has 0 spiro atoms. The molecule has 0 bridgehead atoms. The SMILES string of the molecule is Cc1cc(N2C(=O)C(=O)/C(=C(/O)c3ccc(F)cc3)[C@@H]2c2cccc(Br)c2)no1. The van der Waals surface area contributed by atoms with Gasteiger partial charge in [-0.1, -0.05) is 33.2 Å². The fourth-order valence-electron chi connectivity index (χ4n) is 3.29. The number of aliphatic hydroxyl groups is 1. The number of carbonyl (C=O) groups excluding carboxylic acids is 2. The van der Waals surface area contributed by atoms with E-state index in [1.165, 1.54) is 35.2 Å². The van der Waals surface area contributed by atoms with E-state index < -0.39 is 29.3 Å². The number of benzene rings is 2. The van der Waals surface area contributed by atoms with E-state index in [-0.39, 0.29) is 17.0 Å². The van der Waals surface area contributed by atoms with Gasteiger partial charge in [-0.05, 0) is 48.9 Å². The predicted octanol–water partition coefficient (Wildman–Crippen LogP) is 4.51. The first-order valence-corrected chi connectivity index (χ1v) is 9.42. The summed E-state index contributed by atoms with van der Waals surface area (Å²) in [7, 11) is 0. The largest absolute Gasteiger partial charge is 0.507 e. The van der Waals surface area contributed by atoms with Crippen LogP contribution in [0.25, 0.3) is 5.76 Å². The summed E-state index contributed by atoms with van der Waals surface area (Å²) in [6, 6.07) is 12.7. The number of aryl methyl sites for hydroxylation is 1. The molecule has 0 unspecified atom stereocenters. The molecule has 1 fully saturated rings. The number of nitrogens with zero attached hydrogens (tertiary/aromatic N) is 2. The quantitative estimate of drug-likeness (QED) is 0.356. The number of aliphatic hydroxyl groups excluding tert-OH is 1. The van der Waals surface area contributed by atoms with E-state index in [0.29, 0.717) is 11.3 Å². The lowest BCUT2D eigenvalue weighted by molar-refractivity contribution is -0.132. The van der Waals surface area contributed by atoms with Crippen molar-refractivity contribution >= 4 is 39.2 Å². The molecule has 1 atom stereocenters.